The normalized spacial score (nSPS) is 21.2. The molecule has 7 heteroatoms. The number of anilines is 1. The van der Waals surface area contributed by atoms with Crippen LogP contribution in [0.1, 0.15) is 48.1 Å². The van der Waals surface area contributed by atoms with Gasteiger partial charge in [0.2, 0.25) is 0 Å². The fourth-order valence-electron chi connectivity index (χ4n) is 7.14. The van der Waals surface area contributed by atoms with Gasteiger partial charge in [0.15, 0.2) is 28.8 Å². The molecule has 4 aromatic rings. The van der Waals surface area contributed by atoms with Crippen molar-refractivity contribution in [2.75, 3.05) is 19.1 Å². The molecule has 0 radical (unpaired) electrons. The molecule has 1 fully saturated rings. The summed E-state index contributed by atoms with van der Waals surface area (Å²) in [4.78, 5) is 46.2. The summed E-state index contributed by atoms with van der Waals surface area (Å²) in [6.45, 7) is 0. The van der Waals surface area contributed by atoms with Crippen LogP contribution in [-0.4, -0.2) is 43.7 Å². The van der Waals surface area contributed by atoms with Crippen LogP contribution in [0, 0.1) is 5.41 Å². The summed E-state index contributed by atoms with van der Waals surface area (Å²) >= 11 is 6.38. The zero-order chi connectivity index (χ0) is 29.2. The Labute approximate surface area is 248 Å². The van der Waals surface area contributed by atoms with E-state index in [0.29, 0.717) is 38.8 Å². The molecule has 0 aromatic heterocycles. The van der Waals surface area contributed by atoms with E-state index in [1.54, 1.807) is 61.7 Å². The zero-order valence-corrected chi connectivity index (χ0v) is 23.7. The summed E-state index contributed by atoms with van der Waals surface area (Å²) in [6.07, 6.45) is 3.78. The van der Waals surface area contributed by atoms with Gasteiger partial charge in [-0.1, -0.05) is 84.4 Å². The van der Waals surface area contributed by atoms with E-state index in [9.17, 15) is 14.4 Å². The quantitative estimate of drug-likeness (QED) is 0.195. The number of hydrogen-bond acceptors (Lipinski definition) is 6. The Morgan fingerprint density at radius 3 is 2.14 bits per heavy atom. The molecular formula is C35H26ClNO5. The second-order valence-electron chi connectivity index (χ2n) is 10.8. The highest BCUT2D eigenvalue weighted by atomic mass is 35.5. The predicted molar refractivity (Wildman–Crippen MR) is 161 cm³/mol. The lowest BCUT2D eigenvalue weighted by Crippen LogP contribution is -2.48. The molecule has 6 nitrogen and oxygen atoms in total. The van der Waals surface area contributed by atoms with Crippen molar-refractivity contribution in [3.05, 3.63) is 130 Å². The van der Waals surface area contributed by atoms with Crippen LogP contribution in [0.3, 0.4) is 0 Å². The number of nitrogens with zero attached hydrogens (tertiary/aromatic N) is 1. The second kappa shape index (κ2) is 9.71. The van der Waals surface area contributed by atoms with E-state index in [0.717, 1.165) is 11.3 Å². The molecule has 1 saturated heterocycles. The summed E-state index contributed by atoms with van der Waals surface area (Å²) < 4.78 is 11.1. The smallest absolute Gasteiger partial charge is 0.185 e. The standard InChI is InChI=1S/C35H26ClNO5/c1-41-27-16-12-22(19-28(27)42-2)30-31(32(38)20-8-4-3-5-9-20)37-26-15-14-23(36)18-21(26)13-17-29(37)35(30)33(39)24-10-6-7-11-25(24)34(35)40/h3-19,29-31H,1-2H3/t29-,30+,31-/m0/s1. The van der Waals surface area contributed by atoms with Crippen molar-refractivity contribution in [2.45, 2.75) is 18.0 Å². The van der Waals surface area contributed by atoms with Crippen LogP contribution in [0.4, 0.5) is 5.69 Å². The van der Waals surface area contributed by atoms with Crippen molar-refractivity contribution < 1.29 is 23.9 Å². The van der Waals surface area contributed by atoms with E-state index >= 15 is 0 Å². The molecule has 1 aliphatic carbocycles. The second-order valence-corrected chi connectivity index (χ2v) is 11.2. The molecule has 3 aliphatic rings. The van der Waals surface area contributed by atoms with Gasteiger partial charge in [0.1, 0.15) is 11.5 Å². The third-order valence-corrected chi connectivity index (χ3v) is 9.09. The average Bonchev–Trinajstić information content (AvgIpc) is 3.46. The van der Waals surface area contributed by atoms with Gasteiger partial charge < -0.3 is 14.4 Å². The minimum absolute atomic E-state index is 0.190. The molecule has 0 saturated carbocycles. The van der Waals surface area contributed by atoms with Gasteiger partial charge in [-0.15, -0.1) is 0 Å². The summed E-state index contributed by atoms with van der Waals surface area (Å²) in [5.74, 6) is -0.673. The summed E-state index contributed by atoms with van der Waals surface area (Å²) in [5, 5.41) is 0.550. The highest BCUT2D eigenvalue weighted by Gasteiger charge is 2.71. The molecule has 0 unspecified atom stereocenters. The Hall–Kier alpha value is -4.68. The molecule has 208 valence electrons. The maximum atomic E-state index is 14.7. The molecule has 2 aliphatic heterocycles. The van der Waals surface area contributed by atoms with Gasteiger partial charge in [-0.05, 0) is 41.5 Å². The van der Waals surface area contributed by atoms with Crippen LogP contribution >= 0.6 is 11.6 Å². The number of ether oxygens (including phenoxy) is 2. The lowest BCUT2D eigenvalue weighted by atomic mass is 9.64. The van der Waals surface area contributed by atoms with Crippen molar-refractivity contribution in [3.8, 4) is 11.5 Å². The van der Waals surface area contributed by atoms with Crippen LogP contribution in [-0.2, 0) is 0 Å². The molecule has 42 heavy (non-hydrogen) atoms. The Balaban J connectivity index is 1.56. The molecule has 0 bridgehead atoms. The third-order valence-electron chi connectivity index (χ3n) is 8.86. The van der Waals surface area contributed by atoms with Crippen LogP contribution in [0.5, 0.6) is 11.5 Å². The zero-order valence-electron chi connectivity index (χ0n) is 22.9. The summed E-state index contributed by atoms with van der Waals surface area (Å²) in [5.41, 5.74) is 1.81. The van der Waals surface area contributed by atoms with E-state index in [-0.39, 0.29) is 17.3 Å². The van der Waals surface area contributed by atoms with Crippen molar-refractivity contribution in [3.63, 3.8) is 0 Å². The number of hydrogen-bond donors (Lipinski definition) is 0. The first-order chi connectivity index (χ1) is 20.4. The van der Waals surface area contributed by atoms with E-state index in [2.05, 4.69) is 0 Å². The van der Waals surface area contributed by atoms with Gasteiger partial charge in [0, 0.05) is 33.3 Å². The number of benzene rings is 4. The lowest BCUT2D eigenvalue weighted by molar-refractivity contribution is 0.0665. The fraction of sp³-hybridized carbons (Fsp3) is 0.171. The van der Waals surface area contributed by atoms with E-state index in [4.69, 9.17) is 21.1 Å². The number of fused-ring (bicyclic) bond motifs is 5. The number of carbonyl (C=O) groups excluding carboxylic acids is 3. The van der Waals surface area contributed by atoms with Crippen LogP contribution in [0.15, 0.2) is 97.1 Å². The number of halogens is 1. The van der Waals surface area contributed by atoms with Gasteiger partial charge in [0.25, 0.3) is 0 Å². The summed E-state index contributed by atoms with van der Waals surface area (Å²) in [6, 6.07) is 25.1. The monoisotopic (exact) mass is 575 g/mol. The first-order valence-electron chi connectivity index (χ1n) is 13.7. The van der Waals surface area contributed by atoms with Crippen molar-refractivity contribution >= 4 is 40.7 Å². The number of rotatable bonds is 5. The first kappa shape index (κ1) is 26.2. The molecule has 0 N–H and O–H groups in total. The maximum Gasteiger partial charge on any atom is 0.185 e. The highest BCUT2D eigenvalue weighted by molar-refractivity contribution is 6.32. The van der Waals surface area contributed by atoms with Crippen molar-refractivity contribution in [1.82, 2.24) is 0 Å². The van der Waals surface area contributed by atoms with E-state index in [1.807, 2.05) is 53.5 Å². The molecule has 1 spiro atoms. The van der Waals surface area contributed by atoms with E-state index < -0.39 is 23.4 Å². The number of ketones is 3. The predicted octanol–water partition coefficient (Wildman–Crippen LogP) is 6.67. The summed E-state index contributed by atoms with van der Waals surface area (Å²) in [7, 11) is 3.08. The Kier molecular flexibility index (Phi) is 6.06. The van der Waals surface area contributed by atoms with Crippen molar-refractivity contribution in [1.29, 1.82) is 0 Å². The van der Waals surface area contributed by atoms with Crippen LogP contribution in [0.25, 0.3) is 6.08 Å². The molecule has 3 atom stereocenters. The number of carbonyl (C=O) groups is 3. The minimum atomic E-state index is -1.60. The molecule has 2 heterocycles. The third kappa shape index (κ3) is 3.48. The van der Waals surface area contributed by atoms with Gasteiger partial charge in [0.05, 0.1) is 20.3 Å². The van der Waals surface area contributed by atoms with Gasteiger partial charge in [-0.3, -0.25) is 14.4 Å². The fourth-order valence-corrected chi connectivity index (χ4v) is 7.32. The first-order valence-corrected chi connectivity index (χ1v) is 14.1. The van der Waals surface area contributed by atoms with Crippen molar-refractivity contribution in [2.24, 2.45) is 5.41 Å². The van der Waals surface area contributed by atoms with Crippen LogP contribution in [0.2, 0.25) is 5.02 Å². The molecule has 0 amide bonds. The SMILES string of the molecule is COc1ccc([C@@H]2[C@@H](C(=O)c3ccccc3)N3c4ccc(Cl)cc4C=C[C@H]3C23C(=O)c2ccccc2C3=O)cc1OC. The molecule has 4 aromatic carbocycles. The highest BCUT2D eigenvalue weighted by Crippen LogP contribution is 2.61. The number of Topliss-reactive ketones (excluding diaryl/α,β-unsaturated/α-hetero) is 3. The Bertz CT molecular complexity index is 1780. The molecular weight excluding hydrogens is 550 g/mol. The Morgan fingerprint density at radius 1 is 0.810 bits per heavy atom. The largest absolute Gasteiger partial charge is 0.493 e. The van der Waals surface area contributed by atoms with E-state index in [1.165, 1.54) is 7.11 Å². The Morgan fingerprint density at radius 2 is 1.48 bits per heavy atom. The van der Waals surface area contributed by atoms with Gasteiger partial charge in [-0.2, -0.15) is 0 Å². The topological polar surface area (TPSA) is 72.9 Å². The number of methoxy groups -OCH3 is 2. The molecule has 7 rings (SSSR count). The minimum Gasteiger partial charge on any atom is -0.493 e. The maximum absolute atomic E-state index is 14.7. The van der Waals surface area contributed by atoms with Gasteiger partial charge >= 0.3 is 0 Å². The average molecular weight is 576 g/mol. The van der Waals surface area contributed by atoms with Crippen LogP contribution < -0.4 is 14.4 Å². The van der Waals surface area contributed by atoms with Gasteiger partial charge in [-0.25, -0.2) is 0 Å². The lowest BCUT2D eigenvalue weighted by Gasteiger charge is -2.37.